The van der Waals surface area contributed by atoms with Gasteiger partial charge in [-0.25, -0.2) is 0 Å². The minimum absolute atomic E-state index is 0.0574. The minimum Gasteiger partial charge on any atom is -0.490 e. The van der Waals surface area contributed by atoms with Crippen molar-refractivity contribution in [2.75, 3.05) is 6.61 Å². The molecule has 0 aliphatic heterocycles. The van der Waals surface area contributed by atoms with E-state index >= 15 is 0 Å². The molecule has 0 aliphatic rings. The van der Waals surface area contributed by atoms with Crippen LogP contribution in [0.25, 0.3) is 11.3 Å². The molecule has 0 unspecified atom stereocenters. The van der Waals surface area contributed by atoms with Crippen molar-refractivity contribution >= 4 is 22.6 Å². The summed E-state index contributed by atoms with van der Waals surface area (Å²) in [6.07, 6.45) is 1.72. The Balaban J connectivity index is 2.50. The Morgan fingerprint density at radius 3 is 2.71 bits per heavy atom. The van der Waals surface area contributed by atoms with E-state index in [0.717, 1.165) is 26.1 Å². The average molecular weight is 395 g/mol. The Hall–Kier alpha value is -1.56. The van der Waals surface area contributed by atoms with Gasteiger partial charge < -0.3 is 9.30 Å². The lowest BCUT2D eigenvalue weighted by molar-refractivity contribution is 0.363. The summed E-state index contributed by atoms with van der Waals surface area (Å²) in [5.74, 6) is 0.812. The van der Waals surface area contributed by atoms with Crippen LogP contribution >= 0.6 is 22.6 Å². The van der Waals surface area contributed by atoms with Gasteiger partial charge in [0.25, 0.3) is 5.56 Å². The Bertz CT molecular complexity index is 719. The van der Waals surface area contributed by atoms with Gasteiger partial charge in [-0.1, -0.05) is 12.7 Å². The maximum atomic E-state index is 12.2. The maximum Gasteiger partial charge on any atom is 0.264 e. The second kappa shape index (κ2) is 6.93. The van der Waals surface area contributed by atoms with E-state index in [-0.39, 0.29) is 5.56 Å². The second-order valence-electron chi connectivity index (χ2n) is 4.69. The van der Waals surface area contributed by atoms with Crippen molar-refractivity contribution in [1.29, 1.82) is 0 Å². The summed E-state index contributed by atoms with van der Waals surface area (Å²) in [5, 5.41) is 0. The fourth-order valence-corrected chi connectivity index (χ4v) is 2.74. The summed E-state index contributed by atoms with van der Waals surface area (Å²) >= 11 is 2.08. The molecular formula is C17H18INO2. The first-order valence-electron chi connectivity index (χ1n) is 6.82. The molecule has 2 rings (SSSR count). The predicted molar refractivity (Wildman–Crippen MR) is 95.0 cm³/mol. The van der Waals surface area contributed by atoms with Crippen LogP contribution < -0.4 is 10.3 Å². The SMILES string of the molecule is C=CCOc1ccc(-c2ccc(I)c(=O)n2CC)c(C)c1. The van der Waals surface area contributed by atoms with Crippen molar-refractivity contribution in [1.82, 2.24) is 4.57 Å². The van der Waals surface area contributed by atoms with E-state index in [2.05, 4.69) is 29.2 Å². The molecule has 110 valence electrons. The second-order valence-corrected chi connectivity index (χ2v) is 5.85. The highest BCUT2D eigenvalue weighted by Gasteiger charge is 2.10. The van der Waals surface area contributed by atoms with Crippen LogP contribution in [-0.4, -0.2) is 11.2 Å². The number of halogens is 1. The summed E-state index contributed by atoms with van der Waals surface area (Å²) in [4.78, 5) is 12.2. The van der Waals surface area contributed by atoms with Crippen LogP contribution in [0.2, 0.25) is 0 Å². The van der Waals surface area contributed by atoms with E-state index in [0.29, 0.717) is 13.2 Å². The number of aromatic nitrogens is 1. The van der Waals surface area contributed by atoms with Crippen LogP contribution in [0.15, 0.2) is 47.8 Å². The number of hydrogen-bond donors (Lipinski definition) is 0. The van der Waals surface area contributed by atoms with Crippen LogP contribution in [0.3, 0.4) is 0 Å². The number of benzene rings is 1. The molecule has 0 atom stereocenters. The van der Waals surface area contributed by atoms with Crippen LogP contribution in [0.5, 0.6) is 5.75 Å². The third-order valence-corrected chi connectivity index (χ3v) is 4.11. The summed E-state index contributed by atoms with van der Waals surface area (Å²) in [6.45, 7) is 8.79. The van der Waals surface area contributed by atoms with Gasteiger partial charge in [0.2, 0.25) is 0 Å². The number of nitrogens with zero attached hydrogens (tertiary/aromatic N) is 1. The Morgan fingerprint density at radius 2 is 2.10 bits per heavy atom. The molecule has 0 radical (unpaired) electrons. The molecule has 1 aromatic carbocycles. The smallest absolute Gasteiger partial charge is 0.264 e. The van der Waals surface area contributed by atoms with Gasteiger partial charge in [-0.3, -0.25) is 4.79 Å². The van der Waals surface area contributed by atoms with Crippen molar-refractivity contribution < 1.29 is 4.74 Å². The number of hydrogen-bond acceptors (Lipinski definition) is 2. The van der Waals surface area contributed by atoms with Crippen molar-refractivity contribution in [3.63, 3.8) is 0 Å². The molecule has 0 amide bonds. The molecule has 0 aliphatic carbocycles. The fourth-order valence-electron chi connectivity index (χ4n) is 2.27. The molecule has 2 aromatic rings. The van der Waals surface area contributed by atoms with E-state index in [1.807, 2.05) is 44.2 Å². The first kappa shape index (κ1) is 15.8. The number of rotatable bonds is 5. The van der Waals surface area contributed by atoms with Crippen LogP contribution in [0, 0.1) is 10.5 Å². The van der Waals surface area contributed by atoms with E-state index in [1.165, 1.54) is 0 Å². The largest absolute Gasteiger partial charge is 0.490 e. The average Bonchev–Trinajstić information content (AvgIpc) is 2.48. The van der Waals surface area contributed by atoms with Crippen LogP contribution in [0.1, 0.15) is 12.5 Å². The molecule has 0 fully saturated rings. The van der Waals surface area contributed by atoms with E-state index in [1.54, 1.807) is 10.6 Å². The first-order valence-corrected chi connectivity index (χ1v) is 7.90. The normalized spacial score (nSPS) is 10.4. The van der Waals surface area contributed by atoms with Crippen molar-refractivity contribution in [2.45, 2.75) is 20.4 Å². The Labute approximate surface area is 138 Å². The molecule has 3 nitrogen and oxygen atoms in total. The van der Waals surface area contributed by atoms with Gasteiger partial charge in [-0.15, -0.1) is 0 Å². The predicted octanol–water partition coefficient (Wildman–Crippen LogP) is 4.01. The first-order chi connectivity index (χ1) is 10.1. The number of ether oxygens (including phenoxy) is 1. The molecule has 1 heterocycles. The molecule has 0 saturated heterocycles. The minimum atomic E-state index is 0.0574. The van der Waals surface area contributed by atoms with Gasteiger partial charge in [0, 0.05) is 12.1 Å². The Morgan fingerprint density at radius 1 is 1.33 bits per heavy atom. The maximum absolute atomic E-state index is 12.2. The fraction of sp³-hybridized carbons (Fsp3) is 0.235. The zero-order chi connectivity index (χ0) is 15.4. The van der Waals surface area contributed by atoms with Gasteiger partial charge >= 0.3 is 0 Å². The van der Waals surface area contributed by atoms with E-state index < -0.39 is 0 Å². The van der Waals surface area contributed by atoms with E-state index in [4.69, 9.17) is 4.74 Å². The summed E-state index contributed by atoms with van der Waals surface area (Å²) in [5.41, 5.74) is 3.13. The Kier molecular flexibility index (Phi) is 5.22. The van der Waals surface area contributed by atoms with Crippen molar-refractivity contribution in [3.05, 3.63) is 62.5 Å². The zero-order valence-electron chi connectivity index (χ0n) is 12.2. The monoisotopic (exact) mass is 395 g/mol. The summed E-state index contributed by atoms with van der Waals surface area (Å²) in [7, 11) is 0. The lowest BCUT2D eigenvalue weighted by Gasteiger charge is -2.14. The molecule has 0 bridgehead atoms. The summed E-state index contributed by atoms with van der Waals surface area (Å²) in [6, 6.07) is 9.78. The standard InChI is InChI=1S/C17H18INO2/c1-4-10-21-13-6-7-14(12(3)11-13)16-9-8-15(18)17(20)19(16)5-2/h4,6-9,11H,1,5,10H2,2-3H3. The van der Waals surface area contributed by atoms with Crippen LogP contribution in [0.4, 0.5) is 0 Å². The molecule has 21 heavy (non-hydrogen) atoms. The summed E-state index contributed by atoms with van der Waals surface area (Å²) < 4.78 is 8.08. The number of aryl methyl sites for hydroxylation is 1. The van der Waals surface area contributed by atoms with Gasteiger partial charge in [-0.2, -0.15) is 0 Å². The number of pyridine rings is 1. The molecular weight excluding hydrogens is 377 g/mol. The lowest BCUT2D eigenvalue weighted by Crippen LogP contribution is -2.23. The highest BCUT2D eigenvalue weighted by molar-refractivity contribution is 14.1. The van der Waals surface area contributed by atoms with Crippen molar-refractivity contribution in [2.24, 2.45) is 0 Å². The quantitative estimate of drug-likeness (QED) is 0.566. The third kappa shape index (κ3) is 3.37. The third-order valence-electron chi connectivity index (χ3n) is 3.29. The lowest BCUT2D eigenvalue weighted by atomic mass is 10.0. The molecule has 4 heteroatoms. The molecule has 0 N–H and O–H groups in total. The zero-order valence-corrected chi connectivity index (χ0v) is 14.4. The van der Waals surface area contributed by atoms with Gasteiger partial charge in [-0.05, 0) is 72.3 Å². The van der Waals surface area contributed by atoms with E-state index in [9.17, 15) is 4.79 Å². The van der Waals surface area contributed by atoms with Gasteiger partial charge in [0.1, 0.15) is 12.4 Å². The molecule has 0 spiro atoms. The molecule has 0 saturated carbocycles. The molecule has 1 aromatic heterocycles. The topological polar surface area (TPSA) is 31.2 Å². The van der Waals surface area contributed by atoms with Crippen LogP contribution in [-0.2, 0) is 6.54 Å². The van der Waals surface area contributed by atoms with Gasteiger partial charge in [0.15, 0.2) is 0 Å². The van der Waals surface area contributed by atoms with Gasteiger partial charge in [0.05, 0.1) is 9.26 Å². The highest BCUT2D eigenvalue weighted by atomic mass is 127. The van der Waals surface area contributed by atoms with Crippen molar-refractivity contribution in [3.8, 4) is 17.0 Å². The highest BCUT2D eigenvalue weighted by Crippen LogP contribution is 2.26.